The van der Waals surface area contributed by atoms with E-state index in [-0.39, 0.29) is 0 Å². The lowest BCUT2D eigenvalue weighted by Gasteiger charge is -2.11. The highest BCUT2D eigenvalue weighted by atomic mass is 79.9. The average molecular weight is 320 g/mol. The summed E-state index contributed by atoms with van der Waals surface area (Å²) in [5, 5.41) is 0. The third-order valence-electron chi connectivity index (χ3n) is 3.10. The lowest BCUT2D eigenvalue weighted by Crippen LogP contribution is -2.04. The largest absolute Gasteiger partial charge is 0.457 e. The van der Waals surface area contributed by atoms with Crippen LogP contribution in [0.25, 0.3) is 0 Å². The van der Waals surface area contributed by atoms with Gasteiger partial charge >= 0.3 is 0 Å². The van der Waals surface area contributed by atoms with Gasteiger partial charge in [0.2, 0.25) is 0 Å². The van der Waals surface area contributed by atoms with Crippen LogP contribution in [-0.4, -0.2) is 6.54 Å². The lowest BCUT2D eigenvalue weighted by atomic mass is 9.98. The van der Waals surface area contributed by atoms with Gasteiger partial charge in [0, 0.05) is 4.47 Å². The van der Waals surface area contributed by atoms with Gasteiger partial charge in [0.25, 0.3) is 0 Å². The molecular weight excluding hydrogens is 302 g/mol. The van der Waals surface area contributed by atoms with Gasteiger partial charge in [-0.3, -0.25) is 0 Å². The molecule has 0 spiro atoms. The van der Waals surface area contributed by atoms with Crippen LogP contribution in [0.5, 0.6) is 11.5 Å². The first kappa shape index (κ1) is 14.1. The lowest BCUT2D eigenvalue weighted by molar-refractivity contribution is 0.482. The molecule has 0 heterocycles. The molecule has 0 radical (unpaired) electrons. The Morgan fingerprint density at radius 2 is 1.53 bits per heavy atom. The molecule has 0 saturated heterocycles. The Balaban J connectivity index is 2.04. The zero-order valence-electron chi connectivity index (χ0n) is 11.0. The van der Waals surface area contributed by atoms with Crippen LogP contribution in [-0.2, 0) is 0 Å². The molecule has 1 atom stereocenters. The highest BCUT2D eigenvalue weighted by molar-refractivity contribution is 9.10. The molecule has 2 N–H and O–H groups in total. The molecule has 0 aromatic heterocycles. The van der Waals surface area contributed by atoms with E-state index in [4.69, 9.17) is 10.5 Å². The first-order valence-corrected chi connectivity index (χ1v) is 7.22. The maximum Gasteiger partial charge on any atom is 0.127 e. The molecule has 0 aliphatic rings. The molecular formula is C16H18BrNO. The molecule has 2 aromatic rings. The maximum atomic E-state index is 5.78. The summed E-state index contributed by atoms with van der Waals surface area (Å²) in [5.41, 5.74) is 6.88. The van der Waals surface area contributed by atoms with Crippen molar-refractivity contribution < 1.29 is 4.74 Å². The van der Waals surface area contributed by atoms with Gasteiger partial charge in [-0.15, -0.1) is 0 Å². The molecule has 100 valence electrons. The molecule has 0 aliphatic carbocycles. The molecule has 2 nitrogen and oxygen atoms in total. The predicted octanol–water partition coefficient (Wildman–Crippen LogP) is 4.69. The Morgan fingerprint density at radius 1 is 1.00 bits per heavy atom. The van der Waals surface area contributed by atoms with E-state index in [1.807, 2.05) is 36.4 Å². The minimum absolute atomic E-state index is 0.492. The summed E-state index contributed by atoms with van der Waals surface area (Å²) >= 11 is 3.41. The van der Waals surface area contributed by atoms with Crippen molar-refractivity contribution in [3.8, 4) is 11.5 Å². The molecule has 0 bridgehead atoms. The van der Waals surface area contributed by atoms with Crippen LogP contribution < -0.4 is 10.5 Å². The van der Waals surface area contributed by atoms with E-state index >= 15 is 0 Å². The molecule has 2 aromatic carbocycles. The number of halogens is 1. The van der Waals surface area contributed by atoms with E-state index in [1.54, 1.807) is 0 Å². The van der Waals surface area contributed by atoms with Crippen LogP contribution in [0.4, 0.5) is 0 Å². The fourth-order valence-corrected chi connectivity index (χ4v) is 2.18. The van der Waals surface area contributed by atoms with Crippen molar-refractivity contribution in [2.45, 2.75) is 19.3 Å². The van der Waals surface area contributed by atoms with E-state index < -0.39 is 0 Å². The number of nitrogens with two attached hydrogens (primary N) is 1. The van der Waals surface area contributed by atoms with E-state index in [0.29, 0.717) is 5.92 Å². The number of rotatable bonds is 5. The summed E-state index contributed by atoms with van der Waals surface area (Å²) in [4.78, 5) is 0. The van der Waals surface area contributed by atoms with Crippen molar-refractivity contribution in [3.63, 3.8) is 0 Å². The third kappa shape index (κ3) is 4.08. The Labute approximate surface area is 122 Å². The second-order valence-electron chi connectivity index (χ2n) is 4.60. The molecule has 0 saturated carbocycles. The fraction of sp³-hybridized carbons (Fsp3) is 0.250. The summed E-state index contributed by atoms with van der Waals surface area (Å²) in [6.07, 6.45) is 1.01. The smallest absolute Gasteiger partial charge is 0.127 e. The van der Waals surface area contributed by atoms with Crippen molar-refractivity contribution >= 4 is 15.9 Å². The molecule has 0 amide bonds. The monoisotopic (exact) mass is 319 g/mol. The van der Waals surface area contributed by atoms with Crippen LogP contribution in [0, 0.1) is 0 Å². The number of hydrogen-bond donors (Lipinski definition) is 1. The summed E-state index contributed by atoms with van der Waals surface area (Å²) in [7, 11) is 0. The molecule has 2 rings (SSSR count). The van der Waals surface area contributed by atoms with Crippen LogP contribution in [0.3, 0.4) is 0 Å². The second kappa shape index (κ2) is 6.73. The van der Waals surface area contributed by atoms with Crippen molar-refractivity contribution in [2.24, 2.45) is 5.73 Å². The Kier molecular flexibility index (Phi) is 5.00. The fourth-order valence-electron chi connectivity index (χ4n) is 1.92. The Bertz CT molecular complexity index is 507. The van der Waals surface area contributed by atoms with E-state index in [9.17, 15) is 0 Å². The normalized spacial score (nSPS) is 12.2. The van der Waals surface area contributed by atoms with Gasteiger partial charge in [0.1, 0.15) is 11.5 Å². The molecule has 0 aliphatic heterocycles. The predicted molar refractivity (Wildman–Crippen MR) is 82.7 cm³/mol. The highest BCUT2D eigenvalue weighted by Crippen LogP contribution is 2.26. The topological polar surface area (TPSA) is 35.2 Å². The van der Waals surface area contributed by atoms with E-state index in [1.165, 1.54) is 5.56 Å². The SMILES string of the molecule is CC(CCN)c1ccc(Oc2ccc(Br)cc2)cc1. The number of hydrogen-bond acceptors (Lipinski definition) is 2. The maximum absolute atomic E-state index is 5.78. The van der Waals surface area contributed by atoms with E-state index in [2.05, 4.69) is 35.0 Å². The van der Waals surface area contributed by atoms with Gasteiger partial charge < -0.3 is 10.5 Å². The van der Waals surface area contributed by atoms with Crippen LogP contribution in [0.1, 0.15) is 24.8 Å². The quantitative estimate of drug-likeness (QED) is 0.867. The average Bonchev–Trinajstić information content (AvgIpc) is 2.42. The number of benzene rings is 2. The Hall–Kier alpha value is -1.32. The highest BCUT2D eigenvalue weighted by Gasteiger charge is 2.04. The zero-order valence-corrected chi connectivity index (χ0v) is 12.6. The van der Waals surface area contributed by atoms with Gasteiger partial charge in [0.15, 0.2) is 0 Å². The molecule has 19 heavy (non-hydrogen) atoms. The van der Waals surface area contributed by atoms with Crippen molar-refractivity contribution in [3.05, 3.63) is 58.6 Å². The number of ether oxygens (including phenoxy) is 1. The molecule has 1 unspecified atom stereocenters. The molecule has 3 heteroatoms. The van der Waals surface area contributed by atoms with Gasteiger partial charge in [-0.05, 0) is 60.8 Å². The summed E-state index contributed by atoms with van der Waals surface area (Å²) in [6.45, 7) is 2.91. The van der Waals surface area contributed by atoms with Gasteiger partial charge in [-0.25, -0.2) is 0 Å². The van der Waals surface area contributed by atoms with Crippen molar-refractivity contribution in [1.82, 2.24) is 0 Å². The zero-order chi connectivity index (χ0) is 13.7. The van der Waals surface area contributed by atoms with E-state index in [0.717, 1.165) is 28.9 Å². The van der Waals surface area contributed by atoms with Gasteiger partial charge in [-0.2, -0.15) is 0 Å². The molecule has 0 fully saturated rings. The van der Waals surface area contributed by atoms with Gasteiger partial charge in [-0.1, -0.05) is 35.0 Å². The van der Waals surface area contributed by atoms with Crippen molar-refractivity contribution in [2.75, 3.05) is 6.54 Å². The summed E-state index contributed by atoms with van der Waals surface area (Å²) in [6, 6.07) is 16.0. The first-order chi connectivity index (χ1) is 9.19. The standard InChI is InChI=1S/C16H18BrNO/c1-12(10-11-18)13-2-6-15(7-3-13)19-16-8-4-14(17)5-9-16/h2-9,12H,10-11,18H2,1H3. The van der Waals surface area contributed by atoms with Crippen LogP contribution in [0.2, 0.25) is 0 Å². The van der Waals surface area contributed by atoms with Crippen LogP contribution >= 0.6 is 15.9 Å². The minimum atomic E-state index is 0.492. The third-order valence-corrected chi connectivity index (χ3v) is 3.63. The summed E-state index contributed by atoms with van der Waals surface area (Å²) in [5.74, 6) is 2.18. The summed E-state index contributed by atoms with van der Waals surface area (Å²) < 4.78 is 6.83. The first-order valence-electron chi connectivity index (χ1n) is 6.42. The minimum Gasteiger partial charge on any atom is -0.457 e. The second-order valence-corrected chi connectivity index (χ2v) is 5.52. The van der Waals surface area contributed by atoms with Gasteiger partial charge in [0.05, 0.1) is 0 Å². The van der Waals surface area contributed by atoms with Crippen molar-refractivity contribution in [1.29, 1.82) is 0 Å². The van der Waals surface area contributed by atoms with Crippen LogP contribution in [0.15, 0.2) is 53.0 Å². The Morgan fingerprint density at radius 3 is 2.05 bits per heavy atom.